The lowest BCUT2D eigenvalue weighted by molar-refractivity contribution is -0.249. The highest BCUT2D eigenvalue weighted by Gasteiger charge is 2.22. The molecule has 3 heteroatoms. The van der Waals surface area contributed by atoms with E-state index < -0.39 is 6.29 Å². The standard InChI is InChI=1S/C12H23O3/c1-4-11-5-7-12(8-6-11)15-10(3)14-9(2)13/h9-12H,4-8H2,1-3H3. The van der Waals surface area contributed by atoms with Gasteiger partial charge in [-0.15, -0.1) is 0 Å². The lowest BCUT2D eigenvalue weighted by Crippen LogP contribution is -2.28. The van der Waals surface area contributed by atoms with E-state index in [0.717, 1.165) is 18.8 Å². The summed E-state index contributed by atoms with van der Waals surface area (Å²) in [5.74, 6) is 0.875. The van der Waals surface area contributed by atoms with Gasteiger partial charge >= 0.3 is 0 Å². The smallest absolute Gasteiger partial charge is 0.191 e. The minimum absolute atomic E-state index is 0.293. The Morgan fingerprint density at radius 3 is 2.27 bits per heavy atom. The summed E-state index contributed by atoms with van der Waals surface area (Å²) in [6.07, 6.45) is 4.94. The van der Waals surface area contributed by atoms with Gasteiger partial charge in [-0.1, -0.05) is 13.3 Å². The zero-order valence-corrected chi connectivity index (χ0v) is 10.1. The van der Waals surface area contributed by atoms with E-state index in [2.05, 4.69) is 6.92 Å². The Labute approximate surface area is 92.8 Å². The third-order valence-electron chi connectivity index (χ3n) is 3.14. The van der Waals surface area contributed by atoms with Crippen LogP contribution in [0.2, 0.25) is 0 Å². The Bertz CT molecular complexity index is 162. The van der Waals surface area contributed by atoms with Gasteiger partial charge in [0.25, 0.3) is 0 Å². The molecule has 0 saturated heterocycles. The molecule has 0 aromatic rings. The predicted octanol–water partition coefficient (Wildman–Crippen LogP) is 3.11. The van der Waals surface area contributed by atoms with E-state index in [1.807, 2.05) is 0 Å². The molecule has 1 aliphatic carbocycles. The van der Waals surface area contributed by atoms with E-state index in [0.29, 0.717) is 6.10 Å². The van der Waals surface area contributed by atoms with Gasteiger partial charge in [0.15, 0.2) is 12.6 Å². The van der Waals surface area contributed by atoms with E-state index in [-0.39, 0.29) is 6.29 Å². The van der Waals surface area contributed by atoms with Crippen LogP contribution in [0, 0.1) is 5.92 Å². The topological polar surface area (TPSA) is 38.4 Å². The first-order valence-electron chi connectivity index (χ1n) is 6.08. The fraction of sp³-hybridized carbons (Fsp3) is 1.00. The van der Waals surface area contributed by atoms with Gasteiger partial charge in [0.2, 0.25) is 0 Å². The first-order valence-corrected chi connectivity index (χ1v) is 6.08. The molecule has 0 spiro atoms. The van der Waals surface area contributed by atoms with Crippen LogP contribution < -0.4 is 0 Å². The molecule has 0 N–H and O–H groups in total. The van der Waals surface area contributed by atoms with Crippen molar-refractivity contribution in [3.8, 4) is 0 Å². The molecule has 1 radical (unpaired) electrons. The van der Waals surface area contributed by atoms with Crippen molar-refractivity contribution in [1.29, 1.82) is 0 Å². The van der Waals surface area contributed by atoms with Gasteiger partial charge in [-0.3, -0.25) is 0 Å². The number of hydrogen-bond acceptors (Lipinski definition) is 2. The van der Waals surface area contributed by atoms with Gasteiger partial charge < -0.3 is 9.47 Å². The van der Waals surface area contributed by atoms with Crippen LogP contribution in [0.4, 0.5) is 0 Å². The first kappa shape index (κ1) is 12.9. The molecule has 1 aliphatic rings. The van der Waals surface area contributed by atoms with Crippen molar-refractivity contribution < 1.29 is 14.6 Å². The summed E-state index contributed by atoms with van der Waals surface area (Å²) in [4.78, 5) is 0. The number of hydrogen-bond donors (Lipinski definition) is 0. The van der Waals surface area contributed by atoms with Crippen LogP contribution >= 0.6 is 0 Å². The minimum Gasteiger partial charge on any atom is -0.350 e. The highest BCUT2D eigenvalue weighted by atomic mass is 16.7. The summed E-state index contributed by atoms with van der Waals surface area (Å²) in [6, 6.07) is 0. The van der Waals surface area contributed by atoms with Crippen LogP contribution in [0.15, 0.2) is 0 Å². The maximum atomic E-state index is 10.8. The van der Waals surface area contributed by atoms with Gasteiger partial charge in [0, 0.05) is 0 Å². The second-order valence-corrected chi connectivity index (χ2v) is 4.46. The molecule has 15 heavy (non-hydrogen) atoms. The van der Waals surface area contributed by atoms with Crippen molar-refractivity contribution in [2.75, 3.05) is 0 Å². The Morgan fingerprint density at radius 1 is 1.20 bits per heavy atom. The Balaban J connectivity index is 2.17. The third-order valence-corrected chi connectivity index (χ3v) is 3.14. The Hall–Kier alpha value is -0.120. The summed E-state index contributed by atoms with van der Waals surface area (Å²) in [6.45, 7) is 5.55. The third kappa shape index (κ3) is 4.96. The maximum Gasteiger partial charge on any atom is 0.191 e. The lowest BCUT2D eigenvalue weighted by atomic mass is 9.86. The number of ether oxygens (including phenoxy) is 2. The Morgan fingerprint density at radius 2 is 1.80 bits per heavy atom. The molecule has 0 amide bonds. The SMILES string of the molecule is CCC1CCC(OC(C)OC(C)[O])CC1. The minimum atomic E-state index is -0.994. The van der Waals surface area contributed by atoms with E-state index in [4.69, 9.17) is 9.47 Å². The molecule has 1 rings (SSSR count). The lowest BCUT2D eigenvalue weighted by Gasteiger charge is -2.30. The van der Waals surface area contributed by atoms with Crippen molar-refractivity contribution >= 4 is 0 Å². The fourth-order valence-corrected chi connectivity index (χ4v) is 2.25. The zero-order chi connectivity index (χ0) is 11.3. The average Bonchev–Trinajstić information content (AvgIpc) is 2.17. The summed E-state index contributed by atoms with van der Waals surface area (Å²) in [5.41, 5.74) is 0. The van der Waals surface area contributed by atoms with Crippen molar-refractivity contribution in [3.63, 3.8) is 0 Å². The molecule has 0 aromatic heterocycles. The summed E-state index contributed by atoms with van der Waals surface area (Å²) in [5, 5.41) is 10.8. The van der Waals surface area contributed by atoms with Crippen molar-refractivity contribution in [3.05, 3.63) is 0 Å². The molecule has 1 fully saturated rings. The predicted molar refractivity (Wildman–Crippen MR) is 57.8 cm³/mol. The van der Waals surface area contributed by atoms with Crippen molar-refractivity contribution in [2.24, 2.45) is 5.92 Å². The van der Waals surface area contributed by atoms with Gasteiger partial charge in [0.1, 0.15) is 0 Å². The monoisotopic (exact) mass is 215 g/mol. The molecule has 89 valence electrons. The molecule has 0 heterocycles. The van der Waals surface area contributed by atoms with Crippen LogP contribution in [0.5, 0.6) is 0 Å². The molecule has 3 nitrogen and oxygen atoms in total. The quantitative estimate of drug-likeness (QED) is 0.661. The highest BCUT2D eigenvalue weighted by Crippen LogP contribution is 2.28. The Kier molecular flexibility index (Phi) is 5.58. The van der Waals surface area contributed by atoms with Crippen molar-refractivity contribution in [1.82, 2.24) is 0 Å². The van der Waals surface area contributed by atoms with E-state index >= 15 is 0 Å². The molecule has 0 bridgehead atoms. The first-order chi connectivity index (χ1) is 7.11. The average molecular weight is 215 g/mol. The molecule has 2 unspecified atom stereocenters. The van der Waals surface area contributed by atoms with Crippen LogP contribution in [-0.4, -0.2) is 18.7 Å². The molecule has 2 atom stereocenters. The second kappa shape index (κ2) is 6.46. The zero-order valence-electron chi connectivity index (χ0n) is 10.1. The fourth-order valence-electron chi connectivity index (χ4n) is 2.25. The maximum absolute atomic E-state index is 10.8. The van der Waals surface area contributed by atoms with Gasteiger partial charge in [0.05, 0.1) is 6.10 Å². The largest absolute Gasteiger partial charge is 0.350 e. The molecule has 0 aromatic carbocycles. The summed E-state index contributed by atoms with van der Waals surface area (Å²) in [7, 11) is 0. The van der Waals surface area contributed by atoms with Crippen LogP contribution in [0.1, 0.15) is 52.9 Å². The van der Waals surface area contributed by atoms with Gasteiger partial charge in [-0.25, -0.2) is 5.11 Å². The highest BCUT2D eigenvalue weighted by molar-refractivity contribution is 4.72. The molecule has 1 saturated carbocycles. The van der Waals surface area contributed by atoms with E-state index in [9.17, 15) is 5.11 Å². The van der Waals surface area contributed by atoms with Crippen LogP contribution in [0.3, 0.4) is 0 Å². The second-order valence-electron chi connectivity index (χ2n) is 4.46. The van der Waals surface area contributed by atoms with E-state index in [1.165, 1.54) is 26.2 Å². The molecular formula is C12H23O3. The van der Waals surface area contributed by atoms with E-state index in [1.54, 1.807) is 6.92 Å². The van der Waals surface area contributed by atoms with Crippen molar-refractivity contribution in [2.45, 2.75) is 71.6 Å². The summed E-state index contributed by atoms with van der Waals surface area (Å²) < 4.78 is 10.7. The molecule has 0 aliphatic heterocycles. The molecular weight excluding hydrogens is 192 g/mol. The summed E-state index contributed by atoms with van der Waals surface area (Å²) >= 11 is 0. The normalized spacial score (nSPS) is 31.2. The van der Waals surface area contributed by atoms with Gasteiger partial charge in [-0.05, 0) is 45.4 Å². The van der Waals surface area contributed by atoms with Crippen LogP contribution in [-0.2, 0) is 14.6 Å². The number of rotatable bonds is 5. The van der Waals surface area contributed by atoms with Crippen LogP contribution in [0.25, 0.3) is 0 Å². The van der Waals surface area contributed by atoms with Gasteiger partial charge in [-0.2, -0.15) is 0 Å².